The van der Waals surface area contributed by atoms with Gasteiger partial charge in [-0.05, 0) is 12.1 Å². The van der Waals surface area contributed by atoms with Gasteiger partial charge in [-0.15, -0.1) is 0 Å². The number of aliphatic hydroxyl groups excluding tert-OH is 1. The molecule has 1 fully saturated rings. The van der Waals surface area contributed by atoms with Gasteiger partial charge in [-0.2, -0.15) is 9.97 Å². The number of pyridine rings is 1. The number of anilines is 4. The highest BCUT2D eigenvalue weighted by molar-refractivity contribution is 5.54. The molecule has 1 aliphatic rings. The summed E-state index contributed by atoms with van der Waals surface area (Å²) in [6.45, 7) is 3.91. The Balaban J connectivity index is 1.66. The average Bonchev–Trinajstić information content (AvgIpc) is 2.60. The standard InChI is InChI=1S/C15H21N7O/c16-15-19-12(17-5-10-23)11-14(20-15)22-8-6-21(7-9-22)13-3-1-2-4-18-13/h1-4,11,23H,5-10H2,(H3,16,17,19,20). The number of rotatable bonds is 5. The second kappa shape index (κ2) is 7.10. The molecule has 0 saturated carbocycles. The van der Waals surface area contributed by atoms with E-state index in [4.69, 9.17) is 10.8 Å². The molecule has 3 heterocycles. The molecule has 0 atom stereocenters. The molecule has 0 amide bonds. The van der Waals surface area contributed by atoms with Crippen molar-refractivity contribution in [2.45, 2.75) is 0 Å². The molecule has 23 heavy (non-hydrogen) atoms. The van der Waals surface area contributed by atoms with Gasteiger partial charge in [-0.25, -0.2) is 4.98 Å². The molecular weight excluding hydrogens is 294 g/mol. The minimum Gasteiger partial charge on any atom is -0.395 e. The van der Waals surface area contributed by atoms with E-state index in [1.807, 2.05) is 30.5 Å². The van der Waals surface area contributed by atoms with Crippen molar-refractivity contribution in [3.63, 3.8) is 0 Å². The molecule has 4 N–H and O–H groups in total. The van der Waals surface area contributed by atoms with Crippen LogP contribution in [0.3, 0.4) is 0 Å². The zero-order chi connectivity index (χ0) is 16.1. The van der Waals surface area contributed by atoms with Crippen LogP contribution < -0.4 is 20.9 Å². The summed E-state index contributed by atoms with van der Waals surface area (Å²) in [6.07, 6.45) is 1.81. The van der Waals surface area contributed by atoms with E-state index in [0.717, 1.165) is 37.8 Å². The maximum atomic E-state index is 8.89. The van der Waals surface area contributed by atoms with Crippen molar-refractivity contribution in [1.82, 2.24) is 15.0 Å². The Morgan fingerprint density at radius 1 is 1.09 bits per heavy atom. The number of hydrogen-bond donors (Lipinski definition) is 3. The number of aromatic nitrogens is 3. The molecule has 1 saturated heterocycles. The predicted octanol–water partition coefficient (Wildman–Crippen LogP) is 0.185. The van der Waals surface area contributed by atoms with Crippen LogP contribution in [0.2, 0.25) is 0 Å². The van der Waals surface area contributed by atoms with Gasteiger partial charge in [0.15, 0.2) is 0 Å². The van der Waals surface area contributed by atoms with Gasteiger partial charge < -0.3 is 26.0 Å². The van der Waals surface area contributed by atoms with Crippen LogP contribution in [-0.4, -0.2) is 59.4 Å². The number of aliphatic hydroxyl groups is 1. The maximum Gasteiger partial charge on any atom is 0.223 e. The van der Waals surface area contributed by atoms with Gasteiger partial charge in [-0.1, -0.05) is 6.07 Å². The van der Waals surface area contributed by atoms with Gasteiger partial charge in [0.1, 0.15) is 17.5 Å². The van der Waals surface area contributed by atoms with E-state index in [0.29, 0.717) is 12.4 Å². The van der Waals surface area contributed by atoms with Gasteiger partial charge in [0.2, 0.25) is 5.95 Å². The molecule has 2 aromatic heterocycles. The fourth-order valence-electron chi connectivity index (χ4n) is 2.59. The quantitative estimate of drug-likeness (QED) is 0.718. The molecule has 0 spiro atoms. The Bertz CT molecular complexity index is 629. The molecule has 0 bridgehead atoms. The van der Waals surface area contributed by atoms with Crippen LogP contribution in [0.25, 0.3) is 0 Å². The normalized spacial score (nSPS) is 14.8. The molecule has 122 valence electrons. The molecule has 1 aliphatic heterocycles. The summed E-state index contributed by atoms with van der Waals surface area (Å²) < 4.78 is 0. The lowest BCUT2D eigenvalue weighted by molar-refractivity contribution is 0.311. The molecule has 8 heteroatoms. The van der Waals surface area contributed by atoms with Crippen molar-refractivity contribution < 1.29 is 5.11 Å². The predicted molar refractivity (Wildman–Crippen MR) is 90.7 cm³/mol. The molecule has 8 nitrogen and oxygen atoms in total. The van der Waals surface area contributed by atoms with Gasteiger partial charge in [0.05, 0.1) is 6.61 Å². The summed E-state index contributed by atoms with van der Waals surface area (Å²) in [5.74, 6) is 2.67. The van der Waals surface area contributed by atoms with Crippen molar-refractivity contribution in [3.05, 3.63) is 30.5 Å². The molecule has 0 unspecified atom stereocenters. The third-order valence-electron chi connectivity index (χ3n) is 3.72. The van der Waals surface area contributed by atoms with Crippen molar-refractivity contribution in [2.24, 2.45) is 0 Å². The topological polar surface area (TPSA) is 103 Å². The fourth-order valence-corrected chi connectivity index (χ4v) is 2.59. The van der Waals surface area contributed by atoms with Gasteiger partial charge >= 0.3 is 0 Å². The Morgan fingerprint density at radius 3 is 2.48 bits per heavy atom. The van der Waals surface area contributed by atoms with Crippen LogP contribution in [0.5, 0.6) is 0 Å². The molecule has 2 aromatic rings. The number of nitrogens with two attached hydrogens (primary N) is 1. The second-order valence-electron chi connectivity index (χ2n) is 5.28. The van der Waals surface area contributed by atoms with Gasteiger partial charge in [0, 0.05) is 45.0 Å². The summed E-state index contributed by atoms with van der Waals surface area (Å²) in [5.41, 5.74) is 5.78. The van der Waals surface area contributed by atoms with Crippen molar-refractivity contribution in [3.8, 4) is 0 Å². The molecule has 0 aliphatic carbocycles. The summed E-state index contributed by atoms with van der Waals surface area (Å²) in [7, 11) is 0. The van der Waals surface area contributed by atoms with Crippen LogP contribution in [0.15, 0.2) is 30.5 Å². The Hall–Kier alpha value is -2.61. The minimum atomic E-state index is 0.0436. The lowest BCUT2D eigenvalue weighted by Gasteiger charge is -2.36. The third-order valence-corrected chi connectivity index (χ3v) is 3.72. The number of piperazine rings is 1. The summed E-state index contributed by atoms with van der Waals surface area (Å²) in [5, 5.41) is 11.9. The fraction of sp³-hybridized carbons (Fsp3) is 0.400. The maximum absolute atomic E-state index is 8.89. The highest BCUT2D eigenvalue weighted by atomic mass is 16.3. The molecule has 3 rings (SSSR count). The zero-order valence-electron chi connectivity index (χ0n) is 12.9. The van der Waals surface area contributed by atoms with Crippen LogP contribution in [0, 0.1) is 0 Å². The number of nitrogens with one attached hydrogen (secondary N) is 1. The first-order valence-electron chi connectivity index (χ1n) is 7.66. The lowest BCUT2D eigenvalue weighted by Crippen LogP contribution is -2.47. The summed E-state index contributed by atoms with van der Waals surface area (Å²) in [4.78, 5) is 17.3. The number of nitrogen functional groups attached to an aromatic ring is 1. The van der Waals surface area contributed by atoms with Gasteiger partial charge in [-0.3, -0.25) is 0 Å². The summed E-state index contributed by atoms with van der Waals surface area (Å²) in [6, 6.07) is 7.81. The summed E-state index contributed by atoms with van der Waals surface area (Å²) >= 11 is 0. The van der Waals surface area contributed by atoms with Crippen molar-refractivity contribution in [2.75, 3.05) is 60.2 Å². The van der Waals surface area contributed by atoms with E-state index >= 15 is 0 Å². The van der Waals surface area contributed by atoms with E-state index < -0.39 is 0 Å². The Labute approximate surface area is 135 Å². The van der Waals surface area contributed by atoms with Crippen LogP contribution in [0.4, 0.5) is 23.4 Å². The van der Waals surface area contributed by atoms with Crippen LogP contribution in [0.1, 0.15) is 0 Å². The SMILES string of the molecule is Nc1nc(NCCO)cc(N2CCN(c3ccccn3)CC2)n1. The molecule has 0 radical (unpaired) electrons. The third kappa shape index (κ3) is 3.78. The molecule has 0 aromatic carbocycles. The monoisotopic (exact) mass is 315 g/mol. The second-order valence-corrected chi connectivity index (χ2v) is 5.28. The zero-order valence-corrected chi connectivity index (χ0v) is 12.9. The van der Waals surface area contributed by atoms with E-state index in [2.05, 4.69) is 30.1 Å². The average molecular weight is 315 g/mol. The number of nitrogens with zero attached hydrogens (tertiary/aromatic N) is 5. The smallest absolute Gasteiger partial charge is 0.223 e. The van der Waals surface area contributed by atoms with Crippen LogP contribution >= 0.6 is 0 Å². The molecular formula is C15H21N7O. The first kappa shape index (κ1) is 15.3. The highest BCUT2D eigenvalue weighted by Crippen LogP contribution is 2.20. The Kier molecular flexibility index (Phi) is 4.72. The lowest BCUT2D eigenvalue weighted by atomic mass is 10.3. The van der Waals surface area contributed by atoms with Crippen molar-refractivity contribution in [1.29, 1.82) is 0 Å². The number of hydrogen-bond acceptors (Lipinski definition) is 8. The van der Waals surface area contributed by atoms with E-state index in [1.54, 1.807) is 0 Å². The van der Waals surface area contributed by atoms with Crippen LogP contribution in [-0.2, 0) is 0 Å². The van der Waals surface area contributed by atoms with E-state index in [1.165, 1.54) is 0 Å². The highest BCUT2D eigenvalue weighted by Gasteiger charge is 2.19. The minimum absolute atomic E-state index is 0.0436. The van der Waals surface area contributed by atoms with Gasteiger partial charge in [0.25, 0.3) is 0 Å². The first-order chi connectivity index (χ1) is 11.3. The van der Waals surface area contributed by atoms with E-state index in [-0.39, 0.29) is 12.6 Å². The Morgan fingerprint density at radius 2 is 1.83 bits per heavy atom. The van der Waals surface area contributed by atoms with E-state index in [9.17, 15) is 0 Å². The largest absolute Gasteiger partial charge is 0.395 e. The first-order valence-corrected chi connectivity index (χ1v) is 7.66. The van der Waals surface area contributed by atoms with Crippen molar-refractivity contribution >= 4 is 23.4 Å².